The van der Waals surface area contributed by atoms with Crippen LogP contribution in [-0.4, -0.2) is 23.4 Å². The summed E-state index contributed by atoms with van der Waals surface area (Å²) in [7, 11) is 0. The number of aryl methyl sites for hydroxylation is 1. The zero-order chi connectivity index (χ0) is 16.6. The fraction of sp³-hybridized carbons (Fsp3) is 0.579. The number of hydrogen-bond donors (Lipinski definition) is 1. The molecule has 1 aromatic carbocycles. The minimum absolute atomic E-state index is 0. The Labute approximate surface area is 154 Å². The first-order valence-corrected chi connectivity index (χ1v) is 8.92. The van der Waals surface area contributed by atoms with Crippen molar-refractivity contribution in [3.63, 3.8) is 0 Å². The van der Waals surface area contributed by atoms with E-state index in [-0.39, 0.29) is 17.8 Å². The van der Waals surface area contributed by atoms with E-state index in [1.54, 1.807) is 0 Å². The van der Waals surface area contributed by atoms with Gasteiger partial charge in [0, 0.05) is 13.2 Å². The van der Waals surface area contributed by atoms with E-state index >= 15 is 0 Å². The van der Waals surface area contributed by atoms with Crippen LogP contribution < -0.4 is 5.73 Å². The van der Waals surface area contributed by atoms with Crippen molar-refractivity contribution >= 4 is 12.4 Å². The van der Waals surface area contributed by atoms with Crippen LogP contribution in [-0.2, 0) is 15.7 Å². The molecule has 4 rings (SSSR count). The molecule has 2 fully saturated rings. The average molecular weight is 364 g/mol. The van der Waals surface area contributed by atoms with Gasteiger partial charge in [0.15, 0.2) is 5.82 Å². The van der Waals surface area contributed by atoms with Crippen molar-refractivity contribution in [3.05, 3.63) is 47.1 Å². The maximum Gasteiger partial charge on any atom is 0.237 e. The maximum atomic E-state index is 6.53. The van der Waals surface area contributed by atoms with Gasteiger partial charge in [0.05, 0.1) is 11.0 Å². The van der Waals surface area contributed by atoms with Crippen molar-refractivity contribution in [1.29, 1.82) is 0 Å². The van der Waals surface area contributed by atoms with Crippen LogP contribution in [0.3, 0.4) is 0 Å². The Morgan fingerprint density at radius 1 is 1.04 bits per heavy atom. The molecule has 6 heteroatoms. The molecule has 0 radical (unpaired) electrons. The van der Waals surface area contributed by atoms with E-state index < -0.39 is 5.54 Å². The molecular formula is C19H26ClN3O2. The predicted molar refractivity (Wildman–Crippen MR) is 97.9 cm³/mol. The molecule has 25 heavy (non-hydrogen) atoms. The highest BCUT2D eigenvalue weighted by Crippen LogP contribution is 2.43. The third-order valence-electron chi connectivity index (χ3n) is 5.78. The topological polar surface area (TPSA) is 74.2 Å². The second-order valence-electron chi connectivity index (χ2n) is 7.30. The monoisotopic (exact) mass is 363 g/mol. The first-order chi connectivity index (χ1) is 11.6. The molecular weight excluding hydrogens is 338 g/mol. The SMILES string of the molecule is Cc1ccccc1C1(c2nc(C3(N)CCCC3)no2)CCOCC1.Cl. The van der Waals surface area contributed by atoms with Crippen LogP contribution in [0.15, 0.2) is 28.8 Å². The molecule has 5 nitrogen and oxygen atoms in total. The number of ether oxygens (including phenoxy) is 1. The van der Waals surface area contributed by atoms with Crippen LogP contribution in [0.4, 0.5) is 0 Å². The van der Waals surface area contributed by atoms with Crippen molar-refractivity contribution in [3.8, 4) is 0 Å². The lowest BCUT2D eigenvalue weighted by Gasteiger charge is -2.35. The molecule has 0 bridgehead atoms. The molecule has 1 aliphatic carbocycles. The van der Waals surface area contributed by atoms with E-state index in [4.69, 9.17) is 20.0 Å². The van der Waals surface area contributed by atoms with Crippen molar-refractivity contribution in [2.75, 3.05) is 13.2 Å². The Morgan fingerprint density at radius 3 is 2.40 bits per heavy atom. The number of nitrogens with two attached hydrogens (primary N) is 1. The molecule has 2 heterocycles. The van der Waals surface area contributed by atoms with Crippen molar-refractivity contribution in [2.45, 2.75) is 56.4 Å². The summed E-state index contributed by atoms with van der Waals surface area (Å²) in [6.07, 6.45) is 5.86. The van der Waals surface area contributed by atoms with Crippen molar-refractivity contribution < 1.29 is 9.26 Å². The Morgan fingerprint density at radius 2 is 1.72 bits per heavy atom. The van der Waals surface area contributed by atoms with Gasteiger partial charge in [-0.2, -0.15) is 4.98 Å². The third-order valence-corrected chi connectivity index (χ3v) is 5.78. The standard InChI is InChI=1S/C19H25N3O2.ClH/c1-14-6-2-3-7-15(14)18(10-12-23-13-11-18)17-21-16(22-24-17)19(20)8-4-5-9-19;/h2-3,6-7H,4-5,8-13,20H2,1H3;1H. The minimum atomic E-state index is -0.417. The summed E-state index contributed by atoms with van der Waals surface area (Å²) in [5, 5.41) is 4.29. The first-order valence-electron chi connectivity index (χ1n) is 8.92. The summed E-state index contributed by atoms with van der Waals surface area (Å²) in [6, 6.07) is 8.47. The Hall–Kier alpha value is -1.43. The third kappa shape index (κ3) is 3.09. The van der Waals surface area contributed by atoms with Gasteiger partial charge in [-0.25, -0.2) is 0 Å². The van der Waals surface area contributed by atoms with E-state index in [1.165, 1.54) is 11.1 Å². The van der Waals surface area contributed by atoms with Gasteiger partial charge in [0.25, 0.3) is 0 Å². The number of hydrogen-bond acceptors (Lipinski definition) is 5. The summed E-state index contributed by atoms with van der Waals surface area (Å²) in [5.74, 6) is 1.38. The van der Waals surface area contributed by atoms with Crippen LogP contribution >= 0.6 is 12.4 Å². The summed E-state index contributed by atoms with van der Waals surface area (Å²) in [6.45, 7) is 3.56. The number of aromatic nitrogens is 2. The largest absolute Gasteiger partial charge is 0.381 e. The second-order valence-corrected chi connectivity index (χ2v) is 7.30. The van der Waals surface area contributed by atoms with Gasteiger partial charge >= 0.3 is 0 Å². The fourth-order valence-electron chi connectivity index (χ4n) is 4.28. The van der Waals surface area contributed by atoms with Crippen LogP contribution in [0.5, 0.6) is 0 Å². The number of rotatable bonds is 3. The molecule has 1 saturated carbocycles. The molecule has 2 aromatic rings. The summed E-state index contributed by atoms with van der Waals surface area (Å²) in [4.78, 5) is 4.82. The first kappa shape index (κ1) is 18.4. The van der Waals surface area contributed by atoms with Gasteiger partial charge < -0.3 is 15.0 Å². The molecule has 1 aliphatic heterocycles. The molecule has 136 valence electrons. The van der Waals surface area contributed by atoms with Gasteiger partial charge in [-0.05, 0) is 43.7 Å². The zero-order valence-electron chi connectivity index (χ0n) is 14.7. The molecule has 0 unspecified atom stereocenters. The van der Waals surface area contributed by atoms with Crippen LogP contribution in [0.25, 0.3) is 0 Å². The van der Waals surface area contributed by atoms with E-state index in [0.29, 0.717) is 24.9 Å². The highest BCUT2D eigenvalue weighted by molar-refractivity contribution is 5.85. The van der Waals surface area contributed by atoms with Crippen LogP contribution in [0.2, 0.25) is 0 Å². The highest BCUT2D eigenvalue weighted by Gasteiger charge is 2.44. The predicted octanol–water partition coefficient (Wildman–Crippen LogP) is 3.62. The van der Waals surface area contributed by atoms with Crippen LogP contribution in [0, 0.1) is 6.92 Å². The Balaban J connectivity index is 0.00000182. The number of nitrogens with zero attached hydrogens (tertiary/aromatic N) is 2. The van der Waals surface area contributed by atoms with Gasteiger partial charge in [0.1, 0.15) is 0 Å². The quantitative estimate of drug-likeness (QED) is 0.901. The van der Waals surface area contributed by atoms with E-state index in [2.05, 4.69) is 36.3 Å². The molecule has 0 atom stereocenters. The van der Waals surface area contributed by atoms with E-state index in [0.717, 1.165) is 38.5 Å². The molecule has 1 aromatic heterocycles. The Bertz CT molecular complexity index is 719. The smallest absolute Gasteiger partial charge is 0.237 e. The van der Waals surface area contributed by atoms with Gasteiger partial charge in [-0.3, -0.25) is 0 Å². The minimum Gasteiger partial charge on any atom is -0.381 e. The maximum absolute atomic E-state index is 6.53. The summed E-state index contributed by atoms with van der Waals surface area (Å²) >= 11 is 0. The second kappa shape index (κ2) is 7.06. The highest BCUT2D eigenvalue weighted by atomic mass is 35.5. The molecule has 1 saturated heterocycles. The zero-order valence-corrected chi connectivity index (χ0v) is 15.5. The average Bonchev–Trinajstić information content (AvgIpc) is 3.26. The molecule has 2 N–H and O–H groups in total. The van der Waals surface area contributed by atoms with Gasteiger partial charge in [-0.15, -0.1) is 12.4 Å². The van der Waals surface area contributed by atoms with Crippen LogP contribution in [0.1, 0.15) is 61.4 Å². The van der Waals surface area contributed by atoms with Crippen molar-refractivity contribution in [1.82, 2.24) is 10.1 Å². The lowest BCUT2D eigenvalue weighted by atomic mass is 9.72. The van der Waals surface area contributed by atoms with Gasteiger partial charge in [-0.1, -0.05) is 42.3 Å². The Kier molecular flexibility index (Phi) is 5.19. The molecule has 0 amide bonds. The lowest BCUT2D eigenvalue weighted by Crippen LogP contribution is -2.37. The molecule has 0 spiro atoms. The lowest BCUT2D eigenvalue weighted by molar-refractivity contribution is 0.0521. The molecule has 2 aliphatic rings. The number of benzene rings is 1. The summed E-state index contributed by atoms with van der Waals surface area (Å²) < 4.78 is 11.4. The summed E-state index contributed by atoms with van der Waals surface area (Å²) in [5.41, 5.74) is 8.37. The van der Waals surface area contributed by atoms with Crippen molar-refractivity contribution in [2.24, 2.45) is 5.73 Å². The van der Waals surface area contributed by atoms with Gasteiger partial charge in [0.2, 0.25) is 5.89 Å². The number of halogens is 1. The normalized spacial score (nSPS) is 21.7. The van der Waals surface area contributed by atoms with E-state index in [9.17, 15) is 0 Å². The fourth-order valence-corrected chi connectivity index (χ4v) is 4.28. The van der Waals surface area contributed by atoms with E-state index in [1.807, 2.05) is 0 Å².